The van der Waals surface area contributed by atoms with E-state index >= 15 is 0 Å². The van der Waals surface area contributed by atoms with Gasteiger partial charge in [-0.1, -0.05) is 25.4 Å². The molecule has 0 unspecified atom stereocenters. The lowest BCUT2D eigenvalue weighted by Crippen LogP contribution is -2.31. The van der Waals surface area contributed by atoms with Crippen molar-refractivity contribution < 1.29 is 4.79 Å². The smallest absolute Gasteiger partial charge is 0.222 e. The highest BCUT2D eigenvalue weighted by molar-refractivity contribution is 7.16. The Morgan fingerprint density at radius 3 is 2.60 bits per heavy atom. The molecule has 0 spiro atoms. The summed E-state index contributed by atoms with van der Waals surface area (Å²) >= 11 is 7.46. The first-order valence-corrected chi connectivity index (χ1v) is 8.29. The first kappa shape index (κ1) is 17.5. The van der Waals surface area contributed by atoms with Crippen LogP contribution in [0.5, 0.6) is 0 Å². The van der Waals surface area contributed by atoms with Crippen molar-refractivity contribution >= 4 is 28.8 Å². The summed E-state index contributed by atoms with van der Waals surface area (Å²) in [5.74, 6) is 0.210. The highest BCUT2D eigenvalue weighted by atomic mass is 35.5. The molecule has 0 saturated carbocycles. The van der Waals surface area contributed by atoms with E-state index in [1.165, 1.54) is 11.3 Å². The maximum atomic E-state index is 12.3. The number of carbonyl (C=O) groups excluding carboxylic acids is 1. The lowest BCUT2D eigenvalue weighted by atomic mass is 9.84. The summed E-state index contributed by atoms with van der Waals surface area (Å²) < 4.78 is 0.771. The number of nitrogens with zero attached hydrogens (tertiary/aromatic N) is 1. The Morgan fingerprint density at radius 2 is 2.10 bits per heavy atom. The third-order valence-corrected chi connectivity index (χ3v) is 4.76. The molecule has 20 heavy (non-hydrogen) atoms. The standard InChI is InChI=1S/C15H25ClN2OS/c1-4-18(11-12-5-6-13(16)20-12)14(19)7-8-15(2,3)9-10-17/h5-6H,4,7-11,17H2,1-3H3. The van der Waals surface area contributed by atoms with Crippen LogP contribution >= 0.6 is 22.9 Å². The number of hydrogen-bond donors (Lipinski definition) is 1. The van der Waals surface area contributed by atoms with Crippen LogP contribution in [0.4, 0.5) is 0 Å². The molecule has 0 atom stereocenters. The van der Waals surface area contributed by atoms with E-state index in [0.29, 0.717) is 19.5 Å². The Balaban J connectivity index is 2.50. The van der Waals surface area contributed by atoms with Crippen molar-refractivity contribution in [2.24, 2.45) is 11.1 Å². The van der Waals surface area contributed by atoms with Gasteiger partial charge in [-0.05, 0) is 43.9 Å². The number of carbonyl (C=O) groups is 1. The molecule has 1 aromatic heterocycles. The van der Waals surface area contributed by atoms with E-state index in [1.807, 2.05) is 24.0 Å². The summed E-state index contributed by atoms with van der Waals surface area (Å²) in [5.41, 5.74) is 5.74. The molecule has 0 bridgehead atoms. The normalized spacial score (nSPS) is 11.7. The lowest BCUT2D eigenvalue weighted by Gasteiger charge is -2.26. The van der Waals surface area contributed by atoms with Gasteiger partial charge in [0.05, 0.1) is 10.9 Å². The van der Waals surface area contributed by atoms with E-state index in [1.54, 1.807) is 0 Å². The highest BCUT2D eigenvalue weighted by Crippen LogP contribution is 2.27. The van der Waals surface area contributed by atoms with Crippen LogP contribution in [-0.2, 0) is 11.3 Å². The van der Waals surface area contributed by atoms with Crippen molar-refractivity contribution in [1.82, 2.24) is 4.90 Å². The van der Waals surface area contributed by atoms with Crippen molar-refractivity contribution in [1.29, 1.82) is 0 Å². The van der Waals surface area contributed by atoms with Gasteiger partial charge in [0.25, 0.3) is 0 Å². The second-order valence-electron chi connectivity index (χ2n) is 5.82. The number of nitrogens with two attached hydrogens (primary N) is 1. The van der Waals surface area contributed by atoms with Crippen molar-refractivity contribution in [3.05, 3.63) is 21.3 Å². The van der Waals surface area contributed by atoms with E-state index in [4.69, 9.17) is 17.3 Å². The van der Waals surface area contributed by atoms with Crippen LogP contribution in [0.2, 0.25) is 4.34 Å². The molecule has 5 heteroatoms. The zero-order valence-corrected chi connectivity index (χ0v) is 14.2. The monoisotopic (exact) mass is 316 g/mol. The van der Waals surface area contributed by atoms with Gasteiger partial charge in [0.2, 0.25) is 5.91 Å². The van der Waals surface area contributed by atoms with Crippen LogP contribution in [0.15, 0.2) is 12.1 Å². The minimum atomic E-state index is 0.135. The van der Waals surface area contributed by atoms with E-state index in [2.05, 4.69) is 13.8 Å². The van der Waals surface area contributed by atoms with E-state index < -0.39 is 0 Å². The fourth-order valence-corrected chi connectivity index (χ4v) is 3.22. The van der Waals surface area contributed by atoms with Crippen LogP contribution < -0.4 is 5.73 Å². The summed E-state index contributed by atoms with van der Waals surface area (Å²) in [6.45, 7) is 8.41. The molecule has 114 valence electrons. The Labute approximate surface area is 131 Å². The van der Waals surface area contributed by atoms with Gasteiger partial charge < -0.3 is 10.6 Å². The molecule has 1 aromatic rings. The van der Waals surface area contributed by atoms with Crippen LogP contribution in [0.1, 0.15) is 44.9 Å². The Bertz CT molecular complexity index is 431. The van der Waals surface area contributed by atoms with E-state index in [9.17, 15) is 4.79 Å². The molecule has 0 radical (unpaired) electrons. The molecular weight excluding hydrogens is 292 g/mol. The van der Waals surface area contributed by atoms with Crippen LogP contribution in [0.25, 0.3) is 0 Å². The van der Waals surface area contributed by atoms with Gasteiger partial charge >= 0.3 is 0 Å². The summed E-state index contributed by atoms with van der Waals surface area (Å²) in [6, 6.07) is 3.87. The average Bonchev–Trinajstić information content (AvgIpc) is 2.79. The zero-order chi connectivity index (χ0) is 15.2. The predicted octanol–water partition coefficient (Wildman–Crippen LogP) is 3.91. The average molecular weight is 317 g/mol. The Hall–Kier alpha value is -0.580. The fourth-order valence-electron chi connectivity index (χ4n) is 2.12. The predicted molar refractivity (Wildman–Crippen MR) is 87.1 cm³/mol. The van der Waals surface area contributed by atoms with Gasteiger partial charge in [-0.2, -0.15) is 0 Å². The first-order valence-electron chi connectivity index (χ1n) is 7.10. The van der Waals surface area contributed by atoms with Crippen molar-refractivity contribution in [3.63, 3.8) is 0 Å². The van der Waals surface area contributed by atoms with Crippen molar-refractivity contribution in [2.45, 2.75) is 46.6 Å². The summed E-state index contributed by atoms with van der Waals surface area (Å²) in [6.07, 6.45) is 2.41. The number of thiophene rings is 1. The minimum Gasteiger partial charge on any atom is -0.338 e. The van der Waals surface area contributed by atoms with E-state index in [0.717, 1.165) is 28.6 Å². The number of halogens is 1. The number of hydrogen-bond acceptors (Lipinski definition) is 3. The number of rotatable bonds is 8. The summed E-state index contributed by atoms with van der Waals surface area (Å²) in [5, 5.41) is 0. The topological polar surface area (TPSA) is 46.3 Å². The third kappa shape index (κ3) is 5.81. The molecule has 1 heterocycles. The third-order valence-electron chi connectivity index (χ3n) is 3.55. The fraction of sp³-hybridized carbons (Fsp3) is 0.667. The van der Waals surface area contributed by atoms with Gasteiger partial charge in [-0.25, -0.2) is 0 Å². The molecule has 2 N–H and O–H groups in total. The Kier molecular flexibility index (Phi) is 7.00. The molecule has 0 saturated heterocycles. The van der Waals surface area contributed by atoms with Gasteiger partial charge in [0.1, 0.15) is 0 Å². The highest BCUT2D eigenvalue weighted by Gasteiger charge is 2.20. The molecule has 0 aliphatic heterocycles. The van der Waals surface area contributed by atoms with Crippen LogP contribution in [0, 0.1) is 5.41 Å². The van der Waals surface area contributed by atoms with Gasteiger partial charge in [0, 0.05) is 17.8 Å². The summed E-state index contributed by atoms with van der Waals surface area (Å²) in [7, 11) is 0. The van der Waals surface area contributed by atoms with Gasteiger partial charge in [-0.3, -0.25) is 4.79 Å². The SMILES string of the molecule is CCN(Cc1ccc(Cl)s1)C(=O)CCC(C)(C)CCN. The summed E-state index contributed by atoms with van der Waals surface area (Å²) in [4.78, 5) is 15.3. The van der Waals surface area contributed by atoms with E-state index in [-0.39, 0.29) is 11.3 Å². The number of amides is 1. The quantitative estimate of drug-likeness (QED) is 0.790. The zero-order valence-electron chi connectivity index (χ0n) is 12.6. The molecule has 0 aliphatic rings. The second kappa shape index (κ2) is 8.01. The molecule has 1 rings (SSSR count). The molecule has 3 nitrogen and oxygen atoms in total. The van der Waals surface area contributed by atoms with Crippen molar-refractivity contribution in [2.75, 3.05) is 13.1 Å². The van der Waals surface area contributed by atoms with Gasteiger partial charge in [0.15, 0.2) is 0 Å². The Morgan fingerprint density at radius 1 is 1.40 bits per heavy atom. The maximum absolute atomic E-state index is 12.3. The first-order chi connectivity index (χ1) is 9.38. The molecule has 0 fully saturated rings. The molecule has 0 aromatic carbocycles. The largest absolute Gasteiger partial charge is 0.338 e. The second-order valence-corrected chi connectivity index (χ2v) is 7.62. The maximum Gasteiger partial charge on any atom is 0.222 e. The molecular formula is C15H25ClN2OS. The minimum absolute atomic E-state index is 0.135. The van der Waals surface area contributed by atoms with Crippen molar-refractivity contribution in [3.8, 4) is 0 Å². The molecule has 1 amide bonds. The van der Waals surface area contributed by atoms with Crippen LogP contribution in [-0.4, -0.2) is 23.9 Å². The lowest BCUT2D eigenvalue weighted by molar-refractivity contribution is -0.132. The van der Waals surface area contributed by atoms with Gasteiger partial charge in [-0.15, -0.1) is 11.3 Å². The molecule has 0 aliphatic carbocycles. The van der Waals surface area contributed by atoms with Crippen LogP contribution in [0.3, 0.4) is 0 Å².